The largest absolute Gasteiger partial charge is 0.367 e. The number of rotatable bonds is 1. The molecule has 0 aliphatic heterocycles. The zero-order valence-electron chi connectivity index (χ0n) is 6.24. The maximum atomic E-state index is 10.6. The molecule has 0 unspecified atom stereocenters. The van der Waals surface area contributed by atoms with Crippen LogP contribution in [0.1, 0.15) is 20.8 Å². The average Bonchev–Trinajstić information content (AvgIpc) is 1.62. The maximum absolute atomic E-state index is 10.6. The van der Waals surface area contributed by atoms with Crippen molar-refractivity contribution in [3.8, 4) is 0 Å². The number of nitrogens with two attached hydrogens (primary N) is 1. The molecule has 0 bridgehead atoms. The van der Waals surface area contributed by atoms with Gasteiger partial charge >= 0.3 is 0 Å². The molecule has 2 N–H and O–H groups in total. The number of carbonyl (C=O) groups excluding carboxylic acids is 1. The number of alkyl halides is 2. The molecular formula is C6H11Cl2NO. The standard InChI is InChI=1S/C6H11Cl2NO/c1-5(2,3)6(7,8)4(9)10/h1-3H3,(H2,9,10). The van der Waals surface area contributed by atoms with Crippen molar-refractivity contribution in [1.29, 1.82) is 0 Å². The van der Waals surface area contributed by atoms with E-state index in [0.29, 0.717) is 0 Å². The Hall–Kier alpha value is 0.0500. The van der Waals surface area contributed by atoms with Crippen molar-refractivity contribution in [1.82, 2.24) is 0 Å². The van der Waals surface area contributed by atoms with Gasteiger partial charge in [0, 0.05) is 5.41 Å². The van der Waals surface area contributed by atoms with E-state index in [0.717, 1.165) is 0 Å². The van der Waals surface area contributed by atoms with Gasteiger partial charge in [-0.3, -0.25) is 4.79 Å². The summed E-state index contributed by atoms with van der Waals surface area (Å²) in [5.41, 5.74) is 4.43. The van der Waals surface area contributed by atoms with Gasteiger partial charge in [0.25, 0.3) is 5.91 Å². The van der Waals surface area contributed by atoms with Crippen LogP contribution in [0.2, 0.25) is 0 Å². The highest BCUT2D eigenvalue weighted by Crippen LogP contribution is 2.39. The number of hydrogen-bond donors (Lipinski definition) is 1. The normalized spacial score (nSPS) is 13.3. The molecule has 10 heavy (non-hydrogen) atoms. The van der Waals surface area contributed by atoms with Crippen molar-refractivity contribution in [2.75, 3.05) is 0 Å². The zero-order valence-corrected chi connectivity index (χ0v) is 7.75. The first-order chi connectivity index (χ1) is 4.19. The molecule has 4 heteroatoms. The van der Waals surface area contributed by atoms with Crippen molar-refractivity contribution in [3.05, 3.63) is 0 Å². The molecule has 0 fully saturated rings. The van der Waals surface area contributed by atoms with Gasteiger partial charge in [-0.15, -0.1) is 0 Å². The van der Waals surface area contributed by atoms with E-state index in [1.54, 1.807) is 20.8 Å². The third-order valence-corrected chi connectivity index (χ3v) is 2.76. The molecule has 0 radical (unpaired) electrons. The molecule has 0 aliphatic rings. The van der Waals surface area contributed by atoms with Crippen LogP contribution in [0, 0.1) is 5.41 Å². The Kier molecular flexibility index (Phi) is 2.60. The predicted molar refractivity (Wildman–Crippen MR) is 43.1 cm³/mol. The van der Waals surface area contributed by atoms with Gasteiger partial charge in [-0.1, -0.05) is 44.0 Å². The first-order valence-electron chi connectivity index (χ1n) is 2.87. The van der Waals surface area contributed by atoms with Crippen LogP contribution in [0.15, 0.2) is 0 Å². The Balaban J connectivity index is 4.57. The molecule has 0 aromatic carbocycles. The van der Waals surface area contributed by atoms with Crippen molar-refractivity contribution in [3.63, 3.8) is 0 Å². The van der Waals surface area contributed by atoms with Gasteiger partial charge in [0.05, 0.1) is 0 Å². The van der Waals surface area contributed by atoms with E-state index in [1.807, 2.05) is 0 Å². The van der Waals surface area contributed by atoms with Gasteiger partial charge in [0.1, 0.15) is 0 Å². The van der Waals surface area contributed by atoms with E-state index in [9.17, 15) is 4.79 Å². The van der Waals surface area contributed by atoms with E-state index in [-0.39, 0.29) is 0 Å². The molecular weight excluding hydrogens is 173 g/mol. The minimum absolute atomic E-state index is 0.526. The quantitative estimate of drug-likeness (QED) is 0.619. The maximum Gasteiger partial charge on any atom is 0.254 e. The highest BCUT2D eigenvalue weighted by Gasteiger charge is 2.43. The fourth-order valence-corrected chi connectivity index (χ4v) is 0.370. The summed E-state index contributed by atoms with van der Waals surface area (Å²) in [5, 5.41) is 0. The lowest BCUT2D eigenvalue weighted by molar-refractivity contribution is -0.120. The van der Waals surface area contributed by atoms with Gasteiger partial charge in [-0.25, -0.2) is 0 Å². The van der Waals surface area contributed by atoms with Crippen LogP contribution < -0.4 is 5.73 Å². The molecule has 0 heterocycles. The molecule has 0 aromatic heterocycles. The minimum atomic E-state index is -1.48. The van der Waals surface area contributed by atoms with Gasteiger partial charge in [0.15, 0.2) is 4.33 Å². The summed E-state index contributed by atoms with van der Waals surface area (Å²) in [7, 11) is 0. The van der Waals surface area contributed by atoms with Crippen LogP contribution in [0.3, 0.4) is 0 Å². The minimum Gasteiger partial charge on any atom is -0.367 e. The summed E-state index contributed by atoms with van der Waals surface area (Å²) in [6, 6.07) is 0. The summed E-state index contributed by atoms with van der Waals surface area (Å²) in [4.78, 5) is 10.6. The second-order valence-electron chi connectivity index (χ2n) is 3.19. The highest BCUT2D eigenvalue weighted by molar-refractivity contribution is 6.58. The molecule has 0 saturated carbocycles. The fourth-order valence-electron chi connectivity index (χ4n) is 0.370. The third kappa shape index (κ3) is 1.77. The van der Waals surface area contributed by atoms with Crippen molar-refractivity contribution >= 4 is 29.1 Å². The Morgan fingerprint density at radius 2 is 1.60 bits per heavy atom. The summed E-state index contributed by atoms with van der Waals surface area (Å²) >= 11 is 11.3. The molecule has 0 aromatic rings. The SMILES string of the molecule is CC(C)(C)C(Cl)(Cl)C(N)=O. The van der Waals surface area contributed by atoms with Crippen LogP contribution in [0.4, 0.5) is 0 Å². The summed E-state index contributed by atoms with van der Waals surface area (Å²) in [6.45, 7) is 5.24. The molecule has 0 spiro atoms. The second-order valence-corrected chi connectivity index (χ2v) is 4.52. The lowest BCUT2D eigenvalue weighted by Gasteiger charge is -2.30. The van der Waals surface area contributed by atoms with Gasteiger partial charge in [-0.05, 0) is 0 Å². The number of hydrogen-bond acceptors (Lipinski definition) is 1. The van der Waals surface area contributed by atoms with Gasteiger partial charge in [0.2, 0.25) is 0 Å². The topological polar surface area (TPSA) is 43.1 Å². The van der Waals surface area contributed by atoms with Crippen LogP contribution in [-0.4, -0.2) is 10.2 Å². The first kappa shape index (κ1) is 10.0. The Labute approximate surface area is 70.7 Å². The molecule has 0 saturated heterocycles. The smallest absolute Gasteiger partial charge is 0.254 e. The summed E-state index contributed by atoms with van der Waals surface area (Å²) in [6.07, 6.45) is 0. The van der Waals surface area contributed by atoms with Gasteiger partial charge in [-0.2, -0.15) is 0 Å². The second kappa shape index (κ2) is 2.59. The molecule has 2 nitrogen and oxygen atoms in total. The molecule has 0 rings (SSSR count). The zero-order chi connectivity index (χ0) is 8.58. The van der Waals surface area contributed by atoms with Crippen molar-refractivity contribution < 1.29 is 4.79 Å². The van der Waals surface area contributed by atoms with E-state index in [1.165, 1.54) is 0 Å². The summed E-state index contributed by atoms with van der Waals surface area (Å²) < 4.78 is -1.48. The molecule has 0 atom stereocenters. The third-order valence-electron chi connectivity index (χ3n) is 1.25. The van der Waals surface area contributed by atoms with Crippen LogP contribution in [0.5, 0.6) is 0 Å². The van der Waals surface area contributed by atoms with E-state index < -0.39 is 15.7 Å². The number of carbonyl (C=O) groups is 1. The molecule has 0 aliphatic carbocycles. The van der Waals surface area contributed by atoms with E-state index >= 15 is 0 Å². The number of halogens is 2. The van der Waals surface area contributed by atoms with Gasteiger partial charge < -0.3 is 5.73 Å². The van der Waals surface area contributed by atoms with Crippen LogP contribution in [-0.2, 0) is 4.79 Å². The van der Waals surface area contributed by atoms with E-state index in [2.05, 4.69) is 0 Å². The predicted octanol–water partition coefficient (Wildman–Crippen LogP) is 1.69. The van der Waals surface area contributed by atoms with Crippen molar-refractivity contribution in [2.24, 2.45) is 11.1 Å². The summed E-state index contributed by atoms with van der Waals surface area (Å²) in [5.74, 6) is -0.705. The Morgan fingerprint density at radius 1 is 1.30 bits per heavy atom. The van der Waals surface area contributed by atoms with E-state index in [4.69, 9.17) is 28.9 Å². The Bertz CT molecular complexity index is 148. The van der Waals surface area contributed by atoms with Crippen LogP contribution >= 0.6 is 23.2 Å². The molecule has 1 amide bonds. The molecule has 60 valence electrons. The lowest BCUT2D eigenvalue weighted by Crippen LogP contribution is -2.44. The lowest BCUT2D eigenvalue weighted by atomic mass is 9.91. The monoisotopic (exact) mass is 183 g/mol. The van der Waals surface area contributed by atoms with Crippen molar-refractivity contribution in [2.45, 2.75) is 25.1 Å². The Morgan fingerprint density at radius 3 is 1.60 bits per heavy atom. The number of amides is 1. The first-order valence-corrected chi connectivity index (χ1v) is 3.63. The highest BCUT2D eigenvalue weighted by atomic mass is 35.5. The number of primary amides is 1. The average molecular weight is 184 g/mol. The van der Waals surface area contributed by atoms with Crippen LogP contribution in [0.25, 0.3) is 0 Å². The fraction of sp³-hybridized carbons (Fsp3) is 0.833.